The number of carboxylic acid groups (broad SMARTS) is 1. The summed E-state index contributed by atoms with van der Waals surface area (Å²) < 4.78 is 0. The molecule has 1 aromatic heterocycles. The Balaban J connectivity index is 1.70. The van der Waals surface area contributed by atoms with Gasteiger partial charge in [0.05, 0.1) is 5.56 Å². The monoisotopic (exact) mass is 268 g/mol. The second-order valence-corrected chi connectivity index (χ2v) is 5.01. The minimum absolute atomic E-state index is 0.311. The number of benzene rings is 1. The van der Waals surface area contributed by atoms with Crippen molar-refractivity contribution in [3.63, 3.8) is 0 Å². The van der Waals surface area contributed by atoms with Crippen LogP contribution < -0.4 is 5.32 Å². The van der Waals surface area contributed by atoms with E-state index in [9.17, 15) is 4.79 Å². The lowest BCUT2D eigenvalue weighted by atomic mass is 10.1. The van der Waals surface area contributed by atoms with Crippen molar-refractivity contribution in [2.45, 2.75) is 25.8 Å². The van der Waals surface area contributed by atoms with Gasteiger partial charge in [-0.2, -0.15) is 0 Å². The van der Waals surface area contributed by atoms with Crippen LogP contribution in [-0.2, 0) is 19.4 Å². The van der Waals surface area contributed by atoms with Gasteiger partial charge in [-0.15, -0.1) is 0 Å². The normalized spacial score (nSPS) is 13.0. The molecule has 0 bridgehead atoms. The van der Waals surface area contributed by atoms with Crippen LogP contribution in [0, 0.1) is 0 Å². The molecule has 3 rings (SSSR count). The molecular weight excluding hydrogens is 252 g/mol. The van der Waals surface area contributed by atoms with Gasteiger partial charge in [0.2, 0.25) is 0 Å². The summed E-state index contributed by atoms with van der Waals surface area (Å²) in [7, 11) is 0. The van der Waals surface area contributed by atoms with Crippen LogP contribution in [-0.4, -0.2) is 16.1 Å². The highest BCUT2D eigenvalue weighted by Crippen LogP contribution is 2.21. The van der Waals surface area contributed by atoms with E-state index in [2.05, 4.69) is 16.4 Å². The third-order valence-electron chi connectivity index (χ3n) is 3.58. The van der Waals surface area contributed by atoms with E-state index < -0.39 is 5.97 Å². The molecule has 2 N–H and O–H groups in total. The lowest BCUT2D eigenvalue weighted by Crippen LogP contribution is -2.04. The van der Waals surface area contributed by atoms with Crippen LogP contribution in [0.15, 0.2) is 36.4 Å². The number of rotatable bonds is 4. The van der Waals surface area contributed by atoms with Crippen LogP contribution in [0.3, 0.4) is 0 Å². The number of fused-ring (bicyclic) bond motifs is 1. The molecule has 0 unspecified atom stereocenters. The van der Waals surface area contributed by atoms with Gasteiger partial charge in [0, 0.05) is 12.2 Å². The van der Waals surface area contributed by atoms with Crippen molar-refractivity contribution >= 4 is 11.8 Å². The molecular formula is C16H16N2O2. The summed E-state index contributed by atoms with van der Waals surface area (Å²) >= 11 is 0. The highest BCUT2D eigenvalue weighted by Gasteiger charge is 2.12. The Morgan fingerprint density at radius 2 is 2.15 bits per heavy atom. The van der Waals surface area contributed by atoms with E-state index in [0.717, 1.165) is 24.2 Å². The number of anilines is 1. The summed E-state index contributed by atoms with van der Waals surface area (Å²) in [5.74, 6) is -0.0473. The molecule has 0 saturated carbocycles. The van der Waals surface area contributed by atoms with Gasteiger partial charge in [-0.25, -0.2) is 9.78 Å². The van der Waals surface area contributed by atoms with Gasteiger partial charge in [0.15, 0.2) is 0 Å². The number of pyridine rings is 1. The first-order chi connectivity index (χ1) is 9.72. The second kappa shape index (κ2) is 5.33. The molecule has 20 heavy (non-hydrogen) atoms. The third-order valence-corrected chi connectivity index (χ3v) is 3.58. The zero-order valence-corrected chi connectivity index (χ0v) is 11.1. The van der Waals surface area contributed by atoms with Gasteiger partial charge < -0.3 is 10.4 Å². The molecule has 4 heteroatoms. The maximum absolute atomic E-state index is 10.9. The highest BCUT2D eigenvalue weighted by atomic mass is 16.4. The molecule has 2 aromatic rings. The van der Waals surface area contributed by atoms with E-state index >= 15 is 0 Å². The first kappa shape index (κ1) is 12.7. The number of carbonyl (C=O) groups is 1. The van der Waals surface area contributed by atoms with Crippen LogP contribution in [0.2, 0.25) is 0 Å². The predicted octanol–water partition coefficient (Wildman–Crippen LogP) is 2.88. The number of nitrogens with one attached hydrogen (secondary N) is 1. The molecule has 0 radical (unpaired) electrons. The molecule has 1 aliphatic carbocycles. The van der Waals surface area contributed by atoms with Gasteiger partial charge in [-0.05, 0) is 48.6 Å². The minimum atomic E-state index is -0.900. The number of nitrogens with zero attached hydrogens (tertiary/aromatic N) is 1. The Morgan fingerprint density at radius 1 is 1.25 bits per heavy atom. The number of aromatic carboxylic acids is 1. The molecule has 0 saturated heterocycles. The Hall–Kier alpha value is -2.36. The van der Waals surface area contributed by atoms with E-state index in [1.807, 2.05) is 12.1 Å². The van der Waals surface area contributed by atoms with E-state index in [1.54, 1.807) is 18.2 Å². The van der Waals surface area contributed by atoms with Crippen molar-refractivity contribution in [1.29, 1.82) is 0 Å². The predicted molar refractivity (Wildman–Crippen MR) is 77.0 cm³/mol. The van der Waals surface area contributed by atoms with E-state index in [4.69, 9.17) is 5.11 Å². The van der Waals surface area contributed by atoms with Crippen LogP contribution in [0.5, 0.6) is 0 Å². The Labute approximate surface area is 117 Å². The maximum Gasteiger partial charge on any atom is 0.335 e. The molecule has 0 fully saturated rings. The summed E-state index contributed by atoms with van der Waals surface area (Å²) in [5, 5.41) is 12.2. The van der Waals surface area contributed by atoms with Crippen LogP contribution >= 0.6 is 0 Å². The number of aryl methyl sites for hydroxylation is 2. The third kappa shape index (κ3) is 2.64. The zero-order chi connectivity index (χ0) is 13.9. The summed E-state index contributed by atoms with van der Waals surface area (Å²) in [6.07, 6.45) is 3.37. The largest absolute Gasteiger partial charge is 0.478 e. The van der Waals surface area contributed by atoms with E-state index in [0.29, 0.717) is 12.1 Å². The van der Waals surface area contributed by atoms with Crippen molar-refractivity contribution in [2.75, 3.05) is 5.32 Å². The van der Waals surface area contributed by atoms with Crippen molar-refractivity contribution in [3.05, 3.63) is 58.8 Å². The first-order valence-corrected chi connectivity index (χ1v) is 6.77. The summed E-state index contributed by atoms with van der Waals surface area (Å²) in [4.78, 5) is 15.5. The molecule has 0 amide bonds. The fourth-order valence-electron chi connectivity index (χ4n) is 2.53. The minimum Gasteiger partial charge on any atom is -0.478 e. The van der Waals surface area contributed by atoms with Gasteiger partial charge >= 0.3 is 5.97 Å². The maximum atomic E-state index is 10.9. The van der Waals surface area contributed by atoms with Crippen molar-refractivity contribution in [1.82, 2.24) is 4.98 Å². The lowest BCUT2D eigenvalue weighted by Gasteiger charge is -2.08. The van der Waals surface area contributed by atoms with Crippen LogP contribution in [0.1, 0.15) is 33.6 Å². The molecule has 4 nitrogen and oxygen atoms in total. The number of hydrogen-bond donors (Lipinski definition) is 2. The average molecular weight is 268 g/mol. The van der Waals surface area contributed by atoms with Gasteiger partial charge in [-0.1, -0.05) is 18.2 Å². The van der Waals surface area contributed by atoms with Crippen molar-refractivity contribution < 1.29 is 9.90 Å². The van der Waals surface area contributed by atoms with E-state index in [-0.39, 0.29) is 0 Å². The van der Waals surface area contributed by atoms with Crippen LogP contribution in [0.4, 0.5) is 5.82 Å². The fraction of sp³-hybridized carbons (Fsp3) is 0.250. The quantitative estimate of drug-likeness (QED) is 0.895. The lowest BCUT2D eigenvalue weighted by molar-refractivity contribution is 0.0697. The molecule has 0 spiro atoms. The molecule has 102 valence electrons. The molecule has 0 atom stereocenters. The second-order valence-electron chi connectivity index (χ2n) is 5.01. The van der Waals surface area contributed by atoms with Crippen molar-refractivity contribution in [3.8, 4) is 0 Å². The topological polar surface area (TPSA) is 62.2 Å². The standard InChI is InChI=1S/C16H16N2O2/c19-16(20)13-5-1-3-11(9-13)10-17-15-8-7-12-4-2-6-14(12)18-15/h1,3,5,7-9H,2,4,6,10H2,(H,17,18)(H,19,20). The first-order valence-electron chi connectivity index (χ1n) is 6.77. The van der Waals surface area contributed by atoms with Gasteiger partial charge in [-0.3, -0.25) is 0 Å². The SMILES string of the molecule is O=C(O)c1cccc(CNc2ccc3c(n2)CCC3)c1. The van der Waals surface area contributed by atoms with Crippen molar-refractivity contribution in [2.24, 2.45) is 0 Å². The smallest absolute Gasteiger partial charge is 0.335 e. The van der Waals surface area contributed by atoms with Gasteiger partial charge in [0.25, 0.3) is 0 Å². The molecule has 0 aliphatic heterocycles. The number of aromatic nitrogens is 1. The Bertz CT molecular complexity index is 653. The number of hydrogen-bond acceptors (Lipinski definition) is 3. The fourth-order valence-corrected chi connectivity index (χ4v) is 2.53. The Kier molecular flexibility index (Phi) is 3.37. The van der Waals surface area contributed by atoms with Gasteiger partial charge in [0.1, 0.15) is 5.82 Å². The average Bonchev–Trinajstić information content (AvgIpc) is 2.93. The highest BCUT2D eigenvalue weighted by molar-refractivity contribution is 5.87. The number of carboxylic acids is 1. The molecule has 1 heterocycles. The summed E-state index contributed by atoms with van der Waals surface area (Å²) in [5.41, 5.74) is 3.79. The zero-order valence-electron chi connectivity index (χ0n) is 11.1. The summed E-state index contributed by atoms with van der Waals surface area (Å²) in [6.45, 7) is 0.576. The summed E-state index contributed by atoms with van der Waals surface area (Å²) in [6, 6.07) is 11.1. The molecule has 1 aliphatic rings. The Morgan fingerprint density at radius 3 is 3.00 bits per heavy atom. The van der Waals surface area contributed by atoms with Crippen LogP contribution in [0.25, 0.3) is 0 Å². The van der Waals surface area contributed by atoms with E-state index in [1.165, 1.54) is 17.7 Å². The molecule has 1 aromatic carbocycles.